The number of halogens is 1. The minimum Gasteiger partial charge on any atom is -0.497 e. The lowest BCUT2D eigenvalue weighted by molar-refractivity contribution is 0.415. The lowest BCUT2D eigenvalue weighted by Gasteiger charge is -2.20. The van der Waals surface area contributed by atoms with Gasteiger partial charge in [0.05, 0.1) is 17.8 Å². The van der Waals surface area contributed by atoms with Crippen LogP contribution in [-0.4, -0.2) is 26.2 Å². The van der Waals surface area contributed by atoms with Crippen molar-refractivity contribution in [1.82, 2.24) is 0 Å². The number of rotatable bonds is 2. The third kappa shape index (κ3) is 2.19. The largest absolute Gasteiger partial charge is 0.497 e. The normalized spacial score (nSPS) is 20.7. The SMILES string of the molecule is COc1ccc(Cl)c(N2CCC(N)C2)c1. The summed E-state index contributed by atoms with van der Waals surface area (Å²) in [5.74, 6) is 0.829. The van der Waals surface area contributed by atoms with E-state index in [2.05, 4.69) is 4.90 Å². The molecule has 1 aliphatic heterocycles. The number of hydrogen-bond donors (Lipinski definition) is 1. The third-order valence-electron chi connectivity index (χ3n) is 2.72. The molecule has 0 aromatic heterocycles. The number of nitrogens with two attached hydrogens (primary N) is 1. The second kappa shape index (κ2) is 4.29. The maximum Gasteiger partial charge on any atom is 0.121 e. The van der Waals surface area contributed by atoms with Gasteiger partial charge in [-0.05, 0) is 18.6 Å². The Hall–Kier alpha value is -0.930. The van der Waals surface area contributed by atoms with Gasteiger partial charge in [-0.15, -0.1) is 0 Å². The first kappa shape index (κ1) is 10.6. The third-order valence-corrected chi connectivity index (χ3v) is 3.04. The summed E-state index contributed by atoms with van der Waals surface area (Å²) in [6.45, 7) is 1.83. The van der Waals surface area contributed by atoms with Crippen molar-refractivity contribution in [2.75, 3.05) is 25.1 Å². The number of ether oxygens (including phenoxy) is 1. The molecule has 3 nitrogen and oxygen atoms in total. The van der Waals surface area contributed by atoms with Crippen molar-refractivity contribution < 1.29 is 4.74 Å². The Morgan fingerprint density at radius 3 is 2.93 bits per heavy atom. The average molecular weight is 227 g/mol. The minimum atomic E-state index is 0.257. The Morgan fingerprint density at radius 1 is 1.53 bits per heavy atom. The molecule has 1 aliphatic rings. The molecule has 0 aliphatic carbocycles. The molecule has 0 spiro atoms. The van der Waals surface area contributed by atoms with Crippen LogP contribution in [0.5, 0.6) is 5.75 Å². The molecule has 1 unspecified atom stereocenters. The molecule has 0 amide bonds. The summed E-state index contributed by atoms with van der Waals surface area (Å²) in [7, 11) is 1.66. The molecule has 1 heterocycles. The van der Waals surface area contributed by atoms with Crippen LogP contribution in [0.3, 0.4) is 0 Å². The summed E-state index contributed by atoms with van der Waals surface area (Å²) < 4.78 is 5.18. The molecule has 1 atom stereocenters. The summed E-state index contributed by atoms with van der Waals surface area (Å²) in [6, 6.07) is 5.94. The molecule has 0 saturated carbocycles. The van der Waals surface area contributed by atoms with Crippen molar-refractivity contribution in [2.24, 2.45) is 5.73 Å². The second-order valence-corrected chi connectivity index (χ2v) is 4.22. The topological polar surface area (TPSA) is 38.5 Å². The van der Waals surface area contributed by atoms with Gasteiger partial charge in [-0.1, -0.05) is 11.6 Å². The summed E-state index contributed by atoms with van der Waals surface area (Å²) in [4.78, 5) is 2.20. The van der Waals surface area contributed by atoms with Gasteiger partial charge >= 0.3 is 0 Å². The van der Waals surface area contributed by atoms with Gasteiger partial charge in [0.1, 0.15) is 5.75 Å². The lowest BCUT2D eigenvalue weighted by atomic mass is 10.2. The van der Waals surface area contributed by atoms with Gasteiger partial charge in [0.25, 0.3) is 0 Å². The van der Waals surface area contributed by atoms with Crippen LogP contribution in [0.25, 0.3) is 0 Å². The van der Waals surface area contributed by atoms with Crippen molar-refractivity contribution in [3.8, 4) is 5.75 Å². The molecular formula is C11H15ClN2O. The fourth-order valence-corrected chi connectivity index (χ4v) is 2.10. The molecule has 2 rings (SSSR count). The van der Waals surface area contributed by atoms with Crippen molar-refractivity contribution in [3.63, 3.8) is 0 Å². The molecule has 2 N–H and O–H groups in total. The Morgan fingerprint density at radius 2 is 2.33 bits per heavy atom. The molecule has 1 aromatic carbocycles. The lowest BCUT2D eigenvalue weighted by Crippen LogP contribution is -2.26. The fraction of sp³-hybridized carbons (Fsp3) is 0.455. The highest BCUT2D eigenvalue weighted by Crippen LogP contribution is 2.31. The van der Waals surface area contributed by atoms with Crippen LogP contribution < -0.4 is 15.4 Å². The van der Waals surface area contributed by atoms with E-state index in [0.29, 0.717) is 0 Å². The van der Waals surface area contributed by atoms with Crippen LogP contribution in [0.2, 0.25) is 5.02 Å². The van der Waals surface area contributed by atoms with Crippen LogP contribution in [-0.2, 0) is 0 Å². The molecule has 0 bridgehead atoms. The van der Waals surface area contributed by atoms with E-state index in [1.165, 1.54) is 0 Å². The highest BCUT2D eigenvalue weighted by Gasteiger charge is 2.21. The molecule has 1 aromatic rings. The first-order chi connectivity index (χ1) is 7.20. The van der Waals surface area contributed by atoms with Gasteiger partial charge in [0, 0.05) is 25.2 Å². The fourth-order valence-electron chi connectivity index (χ4n) is 1.87. The van der Waals surface area contributed by atoms with E-state index in [-0.39, 0.29) is 6.04 Å². The molecular weight excluding hydrogens is 212 g/mol. The molecule has 15 heavy (non-hydrogen) atoms. The van der Waals surface area contributed by atoms with Gasteiger partial charge in [-0.25, -0.2) is 0 Å². The first-order valence-electron chi connectivity index (χ1n) is 5.05. The van der Waals surface area contributed by atoms with Crippen molar-refractivity contribution in [2.45, 2.75) is 12.5 Å². The van der Waals surface area contributed by atoms with Crippen LogP contribution in [0, 0.1) is 0 Å². The quantitative estimate of drug-likeness (QED) is 0.837. The number of anilines is 1. The molecule has 1 saturated heterocycles. The average Bonchev–Trinajstić information content (AvgIpc) is 2.65. The first-order valence-corrected chi connectivity index (χ1v) is 5.42. The number of benzene rings is 1. The zero-order valence-corrected chi connectivity index (χ0v) is 9.50. The number of nitrogens with zero attached hydrogens (tertiary/aromatic N) is 1. The summed E-state index contributed by atoms with van der Waals surface area (Å²) in [6.07, 6.45) is 1.02. The highest BCUT2D eigenvalue weighted by atomic mass is 35.5. The summed E-state index contributed by atoms with van der Waals surface area (Å²) in [5.41, 5.74) is 6.88. The molecule has 1 fully saturated rings. The Labute approximate surface area is 94.8 Å². The highest BCUT2D eigenvalue weighted by molar-refractivity contribution is 6.33. The molecule has 4 heteroatoms. The van der Waals surface area contributed by atoms with Crippen LogP contribution in [0.4, 0.5) is 5.69 Å². The van der Waals surface area contributed by atoms with E-state index >= 15 is 0 Å². The van der Waals surface area contributed by atoms with Crippen LogP contribution >= 0.6 is 11.6 Å². The zero-order chi connectivity index (χ0) is 10.8. The number of hydrogen-bond acceptors (Lipinski definition) is 3. The van der Waals surface area contributed by atoms with Crippen molar-refractivity contribution >= 4 is 17.3 Å². The maximum absolute atomic E-state index is 6.14. The van der Waals surface area contributed by atoms with Gasteiger partial charge in [0.2, 0.25) is 0 Å². The van der Waals surface area contributed by atoms with Crippen LogP contribution in [0.1, 0.15) is 6.42 Å². The smallest absolute Gasteiger partial charge is 0.121 e. The van der Waals surface area contributed by atoms with Crippen molar-refractivity contribution in [1.29, 1.82) is 0 Å². The maximum atomic E-state index is 6.14. The van der Waals surface area contributed by atoms with Gasteiger partial charge in [0.15, 0.2) is 0 Å². The van der Waals surface area contributed by atoms with Gasteiger partial charge in [-0.2, -0.15) is 0 Å². The van der Waals surface area contributed by atoms with Gasteiger partial charge < -0.3 is 15.4 Å². The van der Waals surface area contributed by atoms with Crippen LogP contribution in [0.15, 0.2) is 18.2 Å². The predicted octanol–water partition coefficient (Wildman–Crippen LogP) is 1.89. The van der Waals surface area contributed by atoms with Crippen molar-refractivity contribution in [3.05, 3.63) is 23.2 Å². The van der Waals surface area contributed by atoms with E-state index in [9.17, 15) is 0 Å². The summed E-state index contributed by atoms with van der Waals surface area (Å²) in [5, 5.41) is 0.755. The van der Waals surface area contributed by atoms with Gasteiger partial charge in [-0.3, -0.25) is 0 Å². The number of methoxy groups -OCH3 is 1. The van der Waals surface area contributed by atoms with E-state index in [4.69, 9.17) is 22.1 Å². The predicted molar refractivity (Wildman–Crippen MR) is 62.8 cm³/mol. The minimum absolute atomic E-state index is 0.257. The van der Waals surface area contributed by atoms with E-state index in [1.54, 1.807) is 7.11 Å². The molecule has 0 radical (unpaired) electrons. The summed E-state index contributed by atoms with van der Waals surface area (Å²) >= 11 is 6.14. The van der Waals surface area contributed by atoms with E-state index in [1.807, 2.05) is 18.2 Å². The monoisotopic (exact) mass is 226 g/mol. The molecule has 82 valence electrons. The Bertz CT molecular complexity index is 356. The Balaban J connectivity index is 2.26. The standard InChI is InChI=1S/C11H15ClN2O/c1-15-9-2-3-10(12)11(6-9)14-5-4-8(13)7-14/h2-3,6,8H,4-5,7,13H2,1H3. The zero-order valence-electron chi connectivity index (χ0n) is 8.74. The van der Waals surface area contributed by atoms with E-state index in [0.717, 1.165) is 36.0 Å². The second-order valence-electron chi connectivity index (χ2n) is 3.81. The van der Waals surface area contributed by atoms with E-state index < -0.39 is 0 Å². The Kier molecular flexibility index (Phi) is 3.03.